The second-order valence-electron chi connectivity index (χ2n) is 5.70. The van der Waals surface area contributed by atoms with Gasteiger partial charge in [0.15, 0.2) is 17.3 Å². The van der Waals surface area contributed by atoms with Crippen molar-refractivity contribution in [2.75, 3.05) is 12.4 Å². The Hall–Kier alpha value is -2.77. The van der Waals surface area contributed by atoms with Crippen LogP contribution in [0.15, 0.2) is 30.7 Å². The van der Waals surface area contributed by atoms with Crippen molar-refractivity contribution in [3.05, 3.63) is 30.7 Å². The van der Waals surface area contributed by atoms with Gasteiger partial charge in [-0.25, -0.2) is 9.78 Å². The molecule has 1 aliphatic rings. The van der Waals surface area contributed by atoms with E-state index in [0.29, 0.717) is 17.3 Å². The summed E-state index contributed by atoms with van der Waals surface area (Å²) >= 11 is 0. The molecular formula is C16H21N5O3. The predicted octanol–water partition coefficient (Wildman–Crippen LogP) is 1.95. The fraction of sp³-hybridized carbons (Fsp3) is 0.438. The molecule has 1 aliphatic carbocycles. The smallest absolute Gasteiger partial charge is 0.320 e. The Morgan fingerprint density at radius 1 is 1.42 bits per heavy atom. The average Bonchev–Trinajstić information content (AvgIpc) is 3.17. The summed E-state index contributed by atoms with van der Waals surface area (Å²) in [6, 6.07) is 3.11. The first-order valence-electron chi connectivity index (χ1n) is 7.87. The van der Waals surface area contributed by atoms with Crippen LogP contribution in [0.4, 0.5) is 10.6 Å². The molecule has 0 radical (unpaired) electrons. The molecule has 2 aromatic rings. The molecular weight excluding hydrogens is 310 g/mol. The molecule has 24 heavy (non-hydrogen) atoms. The van der Waals surface area contributed by atoms with Gasteiger partial charge >= 0.3 is 6.03 Å². The van der Waals surface area contributed by atoms with Crippen molar-refractivity contribution in [1.82, 2.24) is 20.1 Å². The number of urea groups is 1. The van der Waals surface area contributed by atoms with Crippen molar-refractivity contribution >= 4 is 11.8 Å². The molecule has 3 rings (SSSR count). The summed E-state index contributed by atoms with van der Waals surface area (Å²) in [6.07, 6.45) is 7.79. The number of anilines is 1. The third-order valence-electron chi connectivity index (χ3n) is 3.96. The van der Waals surface area contributed by atoms with E-state index >= 15 is 0 Å². The molecule has 2 N–H and O–H groups in total. The maximum atomic E-state index is 12.2. The molecule has 2 heterocycles. The molecule has 2 aromatic heterocycles. The van der Waals surface area contributed by atoms with E-state index in [1.165, 1.54) is 7.11 Å². The number of ether oxygens (including phenoxy) is 2. The molecule has 1 fully saturated rings. The summed E-state index contributed by atoms with van der Waals surface area (Å²) in [5.74, 6) is 1.62. The highest BCUT2D eigenvalue weighted by molar-refractivity contribution is 5.89. The van der Waals surface area contributed by atoms with Gasteiger partial charge in [0.05, 0.1) is 25.5 Å². The topological polar surface area (TPSA) is 90.3 Å². The van der Waals surface area contributed by atoms with Crippen LogP contribution in [-0.2, 0) is 7.05 Å². The highest BCUT2D eigenvalue weighted by atomic mass is 16.5. The quantitative estimate of drug-likeness (QED) is 0.874. The maximum Gasteiger partial charge on any atom is 0.320 e. The molecule has 0 aromatic carbocycles. The van der Waals surface area contributed by atoms with Crippen molar-refractivity contribution in [3.8, 4) is 11.5 Å². The Kier molecular flexibility index (Phi) is 4.83. The second kappa shape index (κ2) is 7.20. The van der Waals surface area contributed by atoms with Crippen LogP contribution in [0.3, 0.4) is 0 Å². The van der Waals surface area contributed by atoms with E-state index in [0.717, 1.165) is 19.3 Å². The summed E-state index contributed by atoms with van der Waals surface area (Å²) in [7, 11) is 3.37. The number of carbonyl (C=O) groups excluding carboxylic acids is 1. The minimum Gasteiger partial charge on any atom is -0.493 e. The summed E-state index contributed by atoms with van der Waals surface area (Å²) in [5.41, 5.74) is 0. The fourth-order valence-corrected chi connectivity index (χ4v) is 2.83. The summed E-state index contributed by atoms with van der Waals surface area (Å²) in [5, 5.41) is 9.77. The van der Waals surface area contributed by atoms with Crippen molar-refractivity contribution in [3.63, 3.8) is 0 Å². The number of hydrogen-bond acceptors (Lipinski definition) is 5. The maximum absolute atomic E-state index is 12.2. The Balaban J connectivity index is 1.58. The van der Waals surface area contributed by atoms with Crippen LogP contribution in [0.2, 0.25) is 0 Å². The molecule has 128 valence electrons. The van der Waals surface area contributed by atoms with Crippen LogP contribution < -0.4 is 20.1 Å². The zero-order valence-electron chi connectivity index (χ0n) is 13.7. The lowest BCUT2D eigenvalue weighted by Crippen LogP contribution is -2.44. The normalized spacial score (nSPS) is 19.8. The first kappa shape index (κ1) is 16.1. The van der Waals surface area contributed by atoms with Crippen LogP contribution in [0.5, 0.6) is 11.5 Å². The van der Waals surface area contributed by atoms with Gasteiger partial charge in [-0.2, -0.15) is 5.10 Å². The second-order valence-corrected chi connectivity index (χ2v) is 5.70. The number of methoxy groups -OCH3 is 1. The van der Waals surface area contributed by atoms with Gasteiger partial charge in [-0.3, -0.25) is 10.00 Å². The van der Waals surface area contributed by atoms with E-state index in [-0.39, 0.29) is 18.2 Å². The Morgan fingerprint density at radius 2 is 2.29 bits per heavy atom. The minimum absolute atomic E-state index is 0.0556. The number of amides is 2. The van der Waals surface area contributed by atoms with Gasteiger partial charge in [0.2, 0.25) is 0 Å². The number of carbonyl (C=O) groups is 1. The molecule has 2 atom stereocenters. The van der Waals surface area contributed by atoms with Crippen molar-refractivity contribution in [2.24, 2.45) is 7.05 Å². The van der Waals surface area contributed by atoms with Crippen LogP contribution in [-0.4, -0.2) is 40.1 Å². The zero-order chi connectivity index (χ0) is 16.9. The number of rotatable bonds is 5. The molecule has 2 amide bonds. The fourth-order valence-electron chi connectivity index (χ4n) is 2.83. The van der Waals surface area contributed by atoms with Gasteiger partial charge < -0.3 is 14.8 Å². The van der Waals surface area contributed by atoms with E-state index in [2.05, 4.69) is 20.7 Å². The SMILES string of the molecule is COc1cccnc1NC(=O)N[C@@H]1CCC[C@@H]1Oc1cnn(C)c1. The van der Waals surface area contributed by atoms with Crippen LogP contribution in [0.1, 0.15) is 19.3 Å². The average molecular weight is 331 g/mol. The number of nitrogens with one attached hydrogen (secondary N) is 2. The van der Waals surface area contributed by atoms with Gasteiger partial charge in [0.25, 0.3) is 0 Å². The summed E-state index contributed by atoms with van der Waals surface area (Å²) in [4.78, 5) is 16.4. The van der Waals surface area contributed by atoms with Crippen molar-refractivity contribution in [1.29, 1.82) is 0 Å². The van der Waals surface area contributed by atoms with Crippen molar-refractivity contribution < 1.29 is 14.3 Å². The summed E-state index contributed by atoms with van der Waals surface area (Å²) < 4.78 is 12.8. The van der Waals surface area contributed by atoms with Gasteiger partial charge in [-0.1, -0.05) is 0 Å². The van der Waals surface area contributed by atoms with Gasteiger partial charge in [-0.05, 0) is 31.4 Å². The highest BCUT2D eigenvalue weighted by Gasteiger charge is 2.30. The van der Waals surface area contributed by atoms with Gasteiger partial charge in [0.1, 0.15) is 6.10 Å². The zero-order valence-corrected chi connectivity index (χ0v) is 13.7. The van der Waals surface area contributed by atoms with E-state index in [1.54, 1.807) is 29.2 Å². The molecule has 0 bridgehead atoms. The molecule has 0 unspecified atom stereocenters. The third kappa shape index (κ3) is 3.76. The Labute approximate surface area is 140 Å². The lowest BCUT2D eigenvalue weighted by Gasteiger charge is -2.21. The molecule has 0 saturated heterocycles. The van der Waals surface area contributed by atoms with Crippen LogP contribution in [0, 0.1) is 0 Å². The molecule has 8 nitrogen and oxygen atoms in total. The minimum atomic E-state index is -0.321. The van der Waals surface area contributed by atoms with Crippen molar-refractivity contribution in [2.45, 2.75) is 31.4 Å². The summed E-state index contributed by atoms with van der Waals surface area (Å²) in [6.45, 7) is 0. The number of aryl methyl sites for hydroxylation is 1. The Morgan fingerprint density at radius 3 is 3.04 bits per heavy atom. The van der Waals surface area contributed by atoms with Gasteiger partial charge in [-0.15, -0.1) is 0 Å². The third-order valence-corrected chi connectivity index (χ3v) is 3.96. The van der Waals surface area contributed by atoms with Gasteiger partial charge in [0, 0.05) is 13.2 Å². The van der Waals surface area contributed by atoms with E-state index in [1.807, 2.05) is 13.2 Å². The number of nitrogens with zero attached hydrogens (tertiary/aromatic N) is 3. The number of hydrogen-bond donors (Lipinski definition) is 2. The highest BCUT2D eigenvalue weighted by Crippen LogP contribution is 2.25. The van der Waals surface area contributed by atoms with Crippen LogP contribution >= 0.6 is 0 Å². The van der Waals surface area contributed by atoms with E-state index < -0.39 is 0 Å². The predicted molar refractivity (Wildman–Crippen MR) is 88.2 cm³/mol. The molecule has 8 heteroatoms. The number of pyridine rings is 1. The standard InChI is InChI=1S/C16H21N5O3/c1-21-10-11(9-18-21)24-13-6-3-5-12(13)19-16(22)20-15-14(23-2)7-4-8-17-15/h4,7-10,12-13H,3,5-6H2,1-2H3,(H2,17,19,20,22)/t12-,13+/m1/s1. The molecule has 0 aliphatic heterocycles. The first-order valence-corrected chi connectivity index (χ1v) is 7.87. The van der Waals surface area contributed by atoms with E-state index in [4.69, 9.17) is 9.47 Å². The monoisotopic (exact) mass is 331 g/mol. The van der Waals surface area contributed by atoms with Crippen LogP contribution in [0.25, 0.3) is 0 Å². The Bertz CT molecular complexity index is 703. The number of aromatic nitrogens is 3. The first-order chi connectivity index (χ1) is 11.7. The lowest BCUT2D eigenvalue weighted by molar-refractivity contribution is 0.175. The molecule has 1 saturated carbocycles. The van der Waals surface area contributed by atoms with E-state index in [9.17, 15) is 4.79 Å². The lowest BCUT2D eigenvalue weighted by atomic mass is 10.2. The largest absolute Gasteiger partial charge is 0.493 e. The molecule has 0 spiro atoms.